The molecular weight excluding hydrogens is 380 g/mol. The van der Waals surface area contributed by atoms with Crippen LogP contribution in [0.25, 0.3) is 0 Å². The standard InChI is InChI=1S/C19H20N4O4S/c1-2-27-19(24)15-5-3-7-17(13-15)28(25,26)23-11-9-22(10-12-23)18-16(14-20)6-4-8-21-18/h3-8,13H,2,9-12H2,1H3. The van der Waals surface area contributed by atoms with Gasteiger partial charge in [-0.1, -0.05) is 6.07 Å². The third-order valence-electron chi connectivity index (χ3n) is 4.43. The van der Waals surface area contributed by atoms with Crippen LogP contribution >= 0.6 is 0 Å². The van der Waals surface area contributed by atoms with Crippen molar-refractivity contribution in [3.63, 3.8) is 0 Å². The van der Waals surface area contributed by atoms with Crippen LogP contribution in [0.15, 0.2) is 47.5 Å². The van der Waals surface area contributed by atoms with Crippen LogP contribution in [0.4, 0.5) is 5.82 Å². The average Bonchev–Trinajstić information content (AvgIpc) is 2.74. The van der Waals surface area contributed by atoms with E-state index in [0.29, 0.717) is 24.5 Å². The Labute approximate surface area is 164 Å². The predicted octanol–water partition coefficient (Wildman–Crippen LogP) is 1.64. The summed E-state index contributed by atoms with van der Waals surface area (Å²) in [5, 5.41) is 9.23. The van der Waals surface area contributed by atoms with E-state index in [0.717, 1.165) is 0 Å². The summed E-state index contributed by atoms with van der Waals surface area (Å²) in [4.78, 5) is 18.1. The summed E-state index contributed by atoms with van der Waals surface area (Å²) in [7, 11) is -3.74. The van der Waals surface area contributed by atoms with Gasteiger partial charge in [-0.25, -0.2) is 18.2 Å². The maximum atomic E-state index is 13.0. The molecular formula is C19H20N4O4S. The number of anilines is 1. The second-order valence-corrected chi connectivity index (χ2v) is 8.06. The minimum Gasteiger partial charge on any atom is -0.462 e. The van der Waals surface area contributed by atoms with E-state index in [9.17, 15) is 18.5 Å². The van der Waals surface area contributed by atoms with E-state index in [1.54, 1.807) is 25.3 Å². The molecule has 2 heterocycles. The summed E-state index contributed by atoms with van der Waals surface area (Å²) in [6.07, 6.45) is 1.61. The first kappa shape index (κ1) is 19.8. The Hall–Kier alpha value is -2.96. The van der Waals surface area contributed by atoms with Gasteiger partial charge in [0.05, 0.1) is 22.6 Å². The fourth-order valence-corrected chi connectivity index (χ4v) is 4.49. The Balaban J connectivity index is 1.76. The number of carbonyl (C=O) groups excluding carboxylic acids is 1. The van der Waals surface area contributed by atoms with Gasteiger partial charge in [0, 0.05) is 32.4 Å². The van der Waals surface area contributed by atoms with Gasteiger partial charge in [0.25, 0.3) is 0 Å². The number of nitriles is 1. The van der Waals surface area contributed by atoms with E-state index in [1.807, 2.05) is 4.90 Å². The SMILES string of the molecule is CCOC(=O)c1cccc(S(=O)(=O)N2CCN(c3ncccc3C#N)CC2)c1. The van der Waals surface area contributed by atoms with Crippen molar-refractivity contribution in [3.05, 3.63) is 53.7 Å². The highest BCUT2D eigenvalue weighted by Gasteiger charge is 2.30. The molecule has 0 spiro atoms. The number of ether oxygens (including phenoxy) is 1. The van der Waals surface area contributed by atoms with Crippen LogP contribution in [0.5, 0.6) is 0 Å². The van der Waals surface area contributed by atoms with E-state index < -0.39 is 16.0 Å². The average molecular weight is 400 g/mol. The highest BCUT2D eigenvalue weighted by Crippen LogP contribution is 2.22. The lowest BCUT2D eigenvalue weighted by Gasteiger charge is -2.35. The van der Waals surface area contributed by atoms with Crippen molar-refractivity contribution in [2.75, 3.05) is 37.7 Å². The lowest BCUT2D eigenvalue weighted by molar-refractivity contribution is 0.0526. The maximum absolute atomic E-state index is 13.0. The zero-order valence-electron chi connectivity index (χ0n) is 15.4. The van der Waals surface area contributed by atoms with Gasteiger partial charge in [0.15, 0.2) is 0 Å². The zero-order valence-corrected chi connectivity index (χ0v) is 16.2. The molecule has 1 aliphatic rings. The molecule has 1 aromatic heterocycles. The van der Waals surface area contributed by atoms with Crippen LogP contribution in [-0.4, -0.2) is 56.5 Å². The molecule has 0 amide bonds. The Morgan fingerprint density at radius 2 is 1.96 bits per heavy atom. The fraction of sp³-hybridized carbons (Fsp3) is 0.316. The van der Waals surface area contributed by atoms with E-state index in [4.69, 9.17) is 4.74 Å². The highest BCUT2D eigenvalue weighted by molar-refractivity contribution is 7.89. The number of hydrogen-bond acceptors (Lipinski definition) is 7. The van der Waals surface area contributed by atoms with Crippen LogP contribution in [-0.2, 0) is 14.8 Å². The molecule has 1 aliphatic heterocycles. The minimum absolute atomic E-state index is 0.0575. The van der Waals surface area contributed by atoms with Gasteiger partial charge >= 0.3 is 5.97 Å². The number of benzene rings is 1. The first-order valence-electron chi connectivity index (χ1n) is 8.84. The largest absolute Gasteiger partial charge is 0.462 e. The molecule has 0 N–H and O–H groups in total. The molecule has 146 valence electrons. The number of piperazine rings is 1. The number of aromatic nitrogens is 1. The summed E-state index contributed by atoms with van der Waals surface area (Å²) in [6.45, 7) is 3.26. The molecule has 2 aromatic rings. The number of hydrogen-bond donors (Lipinski definition) is 0. The number of nitrogens with zero attached hydrogens (tertiary/aromatic N) is 4. The molecule has 0 aliphatic carbocycles. The molecule has 0 bridgehead atoms. The van der Waals surface area contributed by atoms with Gasteiger partial charge in [0.2, 0.25) is 10.0 Å². The molecule has 28 heavy (non-hydrogen) atoms. The topological polar surface area (TPSA) is 104 Å². The Morgan fingerprint density at radius 1 is 1.21 bits per heavy atom. The molecule has 1 aromatic carbocycles. The Kier molecular flexibility index (Phi) is 5.92. The van der Waals surface area contributed by atoms with Gasteiger partial charge in [-0.05, 0) is 37.3 Å². The Morgan fingerprint density at radius 3 is 2.64 bits per heavy atom. The predicted molar refractivity (Wildman–Crippen MR) is 102 cm³/mol. The lowest BCUT2D eigenvalue weighted by atomic mass is 10.2. The molecule has 0 radical (unpaired) electrons. The van der Waals surface area contributed by atoms with Crippen LogP contribution in [0.3, 0.4) is 0 Å². The summed E-state index contributed by atoms with van der Waals surface area (Å²) < 4.78 is 32.3. The van der Waals surface area contributed by atoms with Crippen molar-refractivity contribution in [1.29, 1.82) is 5.26 Å². The molecule has 0 saturated carbocycles. The van der Waals surface area contributed by atoms with Crippen LogP contribution < -0.4 is 4.90 Å². The van der Waals surface area contributed by atoms with Crippen molar-refractivity contribution in [2.24, 2.45) is 0 Å². The van der Waals surface area contributed by atoms with E-state index in [2.05, 4.69) is 11.1 Å². The van der Waals surface area contributed by atoms with Gasteiger partial charge in [-0.2, -0.15) is 9.57 Å². The molecule has 1 saturated heterocycles. The highest BCUT2D eigenvalue weighted by atomic mass is 32.2. The summed E-state index contributed by atoms with van der Waals surface area (Å²) in [5.74, 6) is 0.00918. The van der Waals surface area contributed by atoms with E-state index in [1.165, 1.54) is 28.6 Å². The van der Waals surface area contributed by atoms with E-state index in [-0.39, 0.29) is 30.2 Å². The maximum Gasteiger partial charge on any atom is 0.338 e. The number of esters is 1. The van der Waals surface area contributed by atoms with Gasteiger partial charge < -0.3 is 9.64 Å². The summed E-state index contributed by atoms with van der Waals surface area (Å²) in [5.41, 5.74) is 0.662. The van der Waals surface area contributed by atoms with Crippen molar-refractivity contribution in [3.8, 4) is 6.07 Å². The van der Waals surface area contributed by atoms with E-state index >= 15 is 0 Å². The number of carbonyl (C=O) groups is 1. The van der Waals surface area contributed by atoms with Crippen LogP contribution in [0, 0.1) is 11.3 Å². The Bertz CT molecular complexity index is 1010. The third kappa shape index (κ3) is 3.98. The smallest absolute Gasteiger partial charge is 0.338 e. The quantitative estimate of drug-likeness (QED) is 0.703. The summed E-state index contributed by atoms with van der Waals surface area (Å²) in [6, 6.07) is 11.4. The first-order chi connectivity index (χ1) is 13.5. The zero-order chi connectivity index (χ0) is 20.1. The fourth-order valence-electron chi connectivity index (χ4n) is 3.02. The number of pyridine rings is 1. The lowest BCUT2D eigenvalue weighted by Crippen LogP contribution is -2.49. The molecule has 9 heteroatoms. The van der Waals surface area contributed by atoms with Crippen molar-refractivity contribution < 1.29 is 17.9 Å². The van der Waals surface area contributed by atoms with Crippen LogP contribution in [0.2, 0.25) is 0 Å². The first-order valence-corrected chi connectivity index (χ1v) is 10.3. The molecule has 3 rings (SSSR count). The van der Waals surface area contributed by atoms with Gasteiger partial charge in [0.1, 0.15) is 11.9 Å². The van der Waals surface area contributed by atoms with Crippen molar-refractivity contribution >= 4 is 21.8 Å². The normalized spacial score (nSPS) is 15.1. The van der Waals surface area contributed by atoms with Gasteiger partial charge in [-0.15, -0.1) is 0 Å². The summed E-state index contributed by atoms with van der Waals surface area (Å²) >= 11 is 0. The number of rotatable bonds is 5. The van der Waals surface area contributed by atoms with Crippen LogP contribution in [0.1, 0.15) is 22.8 Å². The van der Waals surface area contributed by atoms with Gasteiger partial charge in [-0.3, -0.25) is 0 Å². The minimum atomic E-state index is -3.74. The van der Waals surface area contributed by atoms with Crippen molar-refractivity contribution in [2.45, 2.75) is 11.8 Å². The molecule has 0 unspecified atom stereocenters. The second kappa shape index (κ2) is 8.37. The third-order valence-corrected chi connectivity index (χ3v) is 6.32. The monoisotopic (exact) mass is 400 g/mol. The molecule has 8 nitrogen and oxygen atoms in total. The van der Waals surface area contributed by atoms with Crippen molar-refractivity contribution in [1.82, 2.24) is 9.29 Å². The second-order valence-electron chi connectivity index (χ2n) is 6.13. The molecule has 0 atom stereocenters. The molecule has 1 fully saturated rings. The number of sulfonamides is 1.